The van der Waals surface area contributed by atoms with Gasteiger partial charge < -0.3 is 4.74 Å². The second-order valence-electron chi connectivity index (χ2n) is 4.98. The number of nitrogens with zero attached hydrogens (tertiary/aromatic N) is 4. The molecule has 0 bridgehead atoms. The van der Waals surface area contributed by atoms with E-state index in [2.05, 4.69) is 42.2 Å². The maximum Gasteiger partial charge on any atom is 0.259 e. The summed E-state index contributed by atoms with van der Waals surface area (Å²) >= 11 is 3.41. The number of aryl methyl sites for hydroxylation is 1. The van der Waals surface area contributed by atoms with Crippen LogP contribution in [0.5, 0.6) is 5.88 Å². The summed E-state index contributed by atoms with van der Waals surface area (Å²) in [6.07, 6.45) is 3.70. The Kier molecular flexibility index (Phi) is 2.90. The molecule has 110 valence electrons. The standard InChI is InChI=1S/C15H12BrN5O/c1-8-10-5-9(3-4-11(10)20-19-8)12-6-17-14-15(22-2)18-13(16)7-21(12)14/h3-7H,1-2H3,(H,19,20). The number of fused-ring (bicyclic) bond motifs is 2. The number of rotatable bonds is 2. The van der Waals surface area contributed by atoms with E-state index in [1.807, 2.05) is 35.9 Å². The zero-order valence-corrected chi connectivity index (χ0v) is 13.5. The van der Waals surface area contributed by atoms with Gasteiger partial charge in [0, 0.05) is 17.1 Å². The zero-order valence-electron chi connectivity index (χ0n) is 12.0. The summed E-state index contributed by atoms with van der Waals surface area (Å²) in [5.74, 6) is 0.487. The van der Waals surface area contributed by atoms with Crippen LogP contribution < -0.4 is 4.74 Å². The number of hydrogen-bond donors (Lipinski definition) is 1. The Bertz CT molecular complexity index is 1000. The Balaban J connectivity index is 1.99. The van der Waals surface area contributed by atoms with Gasteiger partial charge in [0.1, 0.15) is 4.60 Å². The average Bonchev–Trinajstić information content (AvgIpc) is 3.10. The number of H-pyrrole nitrogens is 1. The molecule has 0 aliphatic carbocycles. The molecule has 22 heavy (non-hydrogen) atoms. The minimum atomic E-state index is 0.487. The summed E-state index contributed by atoms with van der Waals surface area (Å²) in [5, 5.41) is 8.36. The van der Waals surface area contributed by atoms with Gasteiger partial charge in [-0.2, -0.15) is 5.10 Å². The fourth-order valence-electron chi connectivity index (χ4n) is 2.59. The zero-order chi connectivity index (χ0) is 15.3. The molecular formula is C15H12BrN5O. The summed E-state index contributed by atoms with van der Waals surface area (Å²) in [6, 6.07) is 6.18. The number of hydrogen-bond acceptors (Lipinski definition) is 4. The SMILES string of the molecule is COc1nc(Br)cn2c(-c3ccc4[nH]nc(C)c4c3)cnc12. The lowest BCUT2D eigenvalue weighted by molar-refractivity contribution is 0.399. The van der Waals surface area contributed by atoms with E-state index in [9.17, 15) is 0 Å². The van der Waals surface area contributed by atoms with E-state index in [0.29, 0.717) is 16.1 Å². The van der Waals surface area contributed by atoms with E-state index >= 15 is 0 Å². The largest absolute Gasteiger partial charge is 0.478 e. The molecule has 0 aliphatic rings. The lowest BCUT2D eigenvalue weighted by atomic mass is 10.1. The Morgan fingerprint density at radius 3 is 3.00 bits per heavy atom. The number of nitrogens with one attached hydrogen (secondary N) is 1. The van der Waals surface area contributed by atoms with E-state index in [0.717, 1.165) is 27.9 Å². The molecule has 0 saturated heterocycles. The molecule has 0 fully saturated rings. The van der Waals surface area contributed by atoms with Crippen LogP contribution in [0, 0.1) is 6.92 Å². The van der Waals surface area contributed by atoms with Crippen LogP contribution >= 0.6 is 15.9 Å². The van der Waals surface area contributed by atoms with Crippen LogP contribution in [0.4, 0.5) is 0 Å². The number of aromatic nitrogens is 5. The van der Waals surface area contributed by atoms with Crippen molar-refractivity contribution in [3.05, 3.63) is 40.9 Å². The highest BCUT2D eigenvalue weighted by molar-refractivity contribution is 9.10. The summed E-state index contributed by atoms with van der Waals surface area (Å²) < 4.78 is 7.95. The number of ether oxygens (including phenoxy) is 1. The van der Waals surface area contributed by atoms with Crippen molar-refractivity contribution in [3.63, 3.8) is 0 Å². The molecule has 7 heteroatoms. The summed E-state index contributed by atoms with van der Waals surface area (Å²) in [6.45, 7) is 1.99. The fraction of sp³-hybridized carbons (Fsp3) is 0.133. The first-order valence-corrected chi connectivity index (χ1v) is 7.49. The van der Waals surface area contributed by atoms with E-state index in [4.69, 9.17) is 4.74 Å². The molecule has 0 unspecified atom stereocenters. The van der Waals surface area contributed by atoms with Crippen molar-refractivity contribution in [2.24, 2.45) is 0 Å². The van der Waals surface area contributed by atoms with Crippen molar-refractivity contribution in [1.82, 2.24) is 24.6 Å². The van der Waals surface area contributed by atoms with Gasteiger partial charge in [-0.1, -0.05) is 6.07 Å². The fourth-order valence-corrected chi connectivity index (χ4v) is 2.95. The highest BCUT2D eigenvalue weighted by Crippen LogP contribution is 2.29. The van der Waals surface area contributed by atoms with Crippen molar-refractivity contribution in [1.29, 1.82) is 0 Å². The van der Waals surface area contributed by atoms with Crippen LogP contribution in [0.2, 0.25) is 0 Å². The van der Waals surface area contributed by atoms with Gasteiger partial charge in [0.25, 0.3) is 5.88 Å². The number of methoxy groups -OCH3 is 1. The van der Waals surface area contributed by atoms with E-state index in [1.54, 1.807) is 7.11 Å². The van der Waals surface area contributed by atoms with Gasteiger partial charge >= 0.3 is 0 Å². The van der Waals surface area contributed by atoms with Crippen LogP contribution in [-0.4, -0.2) is 31.7 Å². The molecule has 6 nitrogen and oxygen atoms in total. The van der Waals surface area contributed by atoms with E-state index in [1.165, 1.54) is 0 Å². The van der Waals surface area contributed by atoms with Gasteiger partial charge in [-0.3, -0.25) is 9.50 Å². The first-order chi connectivity index (χ1) is 10.7. The lowest BCUT2D eigenvalue weighted by Gasteiger charge is -2.05. The third-order valence-electron chi connectivity index (χ3n) is 3.67. The van der Waals surface area contributed by atoms with Gasteiger partial charge in [0.15, 0.2) is 0 Å². The molecule has 3 aromatic heterocycles. The number of aromatic amines is 1. The number of benzene rings is 1. The molecule has 0 radical (unpaired) electrons. The summed E-state index contributed by atoms with van der Waals surface area (Å²) in [4.78, 5) is 8.71. The third-order valence-corrected chi connectivity index (χ3v) is 4.06. The second-order valence-corrected chi connectivity index (χ2v) is 5.79. The highest BCUT2D eigenvalue weighted by atomic mass is 79.9. The van der Waals surface area contributed by atoms with Crippen molar-refractivity contribution in [3.8, 4) is 17.1 Å². The number of halogens is 1. The quantitative estimate of drug-likeness (QED) is 0.597. The van der Waals surface area contributed by atoms with E-state index in [-0.39, 0.29) is 0 Å². The van der Waals surface area contributed by atoms with Crippen LogP contribution in [-0.2, 0) is 0 Å². The Hall–Kier alpha value is -2.41. The molecule has 1 aromatic carbocycles. The van der Waals surface area contributed by atoms with Gasteiger partial charge in [-0.05, 0) is 35.0 Å². The van der Waals surface area contributed by atoms with Crippen molar-refractivity contribution < 1.29 is 4.74 Å². The molecule has 0 saturated carbocycles. The first kappa shape index (κ1) is 13.3. The maximum absolute atomic E-state index is 5.30. The van der Waals surface area contributed by atoms with E-state index < -0.39 is 0 Å². The predicted molar refractivity (Wildman–Crippen MR) is 87.1 cm³/mol. The van der Waals surface area contributed by atoms with Crippen LogP contribution in [0.3, 0.4) is 0 Å². The summed E-state index contributed by atoms with van der Waals surface area (Å²) in [7, 11) is 1.59. The van der Waals surface area contributed by atoms with Crippen molar-refractivity contribution in [2.75, 3.05) is 7.11 Å². The normalized spacial score (nSPS) is 11.4. The molecule has 3 heterocycles. The van der Waals surface area contributed by atoms with Crippen LogP contribution in [0.1, 0.15) is 5.69 Å². The highest BCUT2D eigenvalue weighted by Gasteiger charge is 2.13. The van der Waals surface area contributed by atoms with Crippen LogP contribution in [0.15, 0.2) is 35.2 Å². The maximum atomic E-state index is 5.30. The Labute approximate surface area is 134 Å². The monoisotopic (exact) mass is 357 g/mol. The van der Waals surface area contributed by atoms with Crippen LogP contribution in [0.25, 0.3) is 27.8 Å². The predicted octanol–water partition coefficient (Wildman–Crippen LogP) is 3.35. The molecule has 0 amide bonds. The molecule has 0 atom stereocenters. The Morgan fingerprint density at radius 1 is 1.32 bits per heavy atom. The molecular weight excluding hydrogens is 346 g/mol. The summed E-state index contributed by atoms with van der Waals surface area (Å²) in [5.41, 5.74) is 4.72. The number of imidazole rings is 1. The van der Waals surface area contributed by atoms with Crippen molar-refractivity contribution >= 4 is 32.5 Å². The second kappa shape index (κ2) is 4.81. The molecule has 0 spiro atoms. The van der Waals surface area contributed by atoms with Crippen molar-refractivity contribution in [2.45, 2.75) is 6.92 Å². The minimum Gasteiger partial charge on any atom is -0.478 e. The van der Waals surface area contributed by atoms with Gasteiger partial charge in [0.2, 0.25) is 5.65 Å². The molecule has 4 aromatic rings. The Morgan fingerprint density at radius 2 is 2.18 bits per heavy atom. The van der Waals surface area contributed by atoms with Gasteiger partial charge in [0.05, 0.1) is 30.2 Å². The smallest absolute Gasteiger partial charge is 0.259 e. The topological polar surface area (TPSA) is 68.1 Å². The first-order valence-electron chi connectivity index (χ1n) is 6.70. The minimum absolute atomic E-state index is 0.487. The molecule has 1 N–H and O–H groups in total. The lowest BCUT2D eigenvalue weighted by Crippen LogP contribution is -1.96. The van der Waals surface area contributed by atoms with Gasteiger partial charge in [-0.25, -0.2) is 9.97 Å². The molecule has 4 rings (SSSR count). The van der Waals surface area contributed by atoms with Gasteiger partial charge in [-0.15, -0.1) is 0 Å². The molecule has 0 aliphatic heterocycles. The third kappa shape index (κ3) is 1.89. The average molecular weight is 358 g/mol.